The van der Waals surface area contributed by atoms with Crippen LogP contribution in [0.25, 0.3) is 17.0 Å². The summed E-state index contributed by atoms with van der Waals surface area (Å²) < 4.78 is 2.12. The molecular weight excluding hydrogens is 394 g/mol. The summed E-state index contributed by atoms with van der Waals surface area (Å²) in [7, 11) is 0. The van der Waals surface area contributed by atoms with Gasteiger partial charge < -0.3 is 9.88 Å². The van der Waals surface area contributed by atoms with E-state index in [9.17, 15) is 10.1 Å². The average Bonchev–Trinajstić information content (AvgIpc) is 3.11. The number of halogens is 1. The molecule has 4 nitrogen and oxygen atoms in total. The largest absolute Gasteiger partial charge is 0.342 e. The quantitative estimate of drug-likeness (QED) is 0.329. The van der Waals surface area contributed by atoms with Crippen LogP contribution < -0.4 is 5.32 Å². The Kier molecular flexibility index (Phi) is 5.65. The van der Waals surface area contributed by atoms with Crippen LogP contribution in [-0.2, 0) is 11.3 Å². The molecule has 4 aromatic rings. The number of fused-ring (bicyclic) bond motifs is 1. The summed E-state index contributed by atoms with van der Waals surface area (Å²) in [5.41, 5.74) is 3.50. The lowest BCUT2D eigenvalue weighted by molar-refractivity contribution is -0.112. The molecule has 0 bridgehead atoms. The van der Waals surface area contributed by atoms with E-state index in [4.69, 9.17) is 11.6 Å². The van der Waals surface area contributed by atoms with Crippen LogP contribution in [0.3, 0.4) is 0 Å². The Morgan fingerprint density at radius 1 is 1.00 bits per heavy atom. The molecule has 30 heavy (non-hydrogen) atoms. The number of nitriles is 1. The van der Waals surface area contributed by atoms with E-state index in [0.717, 1.165) is 16.5 Å². The maximum absolute atomic E-state index is 12.7. The summed E-state index contributed by atoms with van der Waals surface area (Å²) in [5, 5.41) is 13.7. The number of aromatic nitrogens is 1. The minimum Gasteiger partial charge on any atom is -0.342 e. The predicted molar refractivity (Wildman–Crippen MR) is 121 cm³/mol. The van der Waals surface area contributed by atoms with Crippen molar-refractivity contribution in [2.24, 2.45) is 0 Å². The van der Waals surface area contributed by atoms with Crippen molar-refractivity contribution in [2.45, 2.75) is 6.54 Å². The van der Waals surface area contributed by atoms with Crippen LogP contribution in [0.1, 0.15) is 11.1 Å². The number of carbonyl (C=O) groups excluding carboxylic acids is 1. The molecule has 1 amide bonds. The molecule has 1 heterocycles. The van der Waals surface area contributed by atoms with Crippen LogP contribution in [0.2, 0.25) is 5.02 Å². The Labute approximate surface area is 179 Å². The SMILES string of the molecule is N#C/C(=C\c1cn(Cc2ccccc2)c2ccccc12)C(=O)Nc1ccccc1Cl. The number of rotatable bonds is 5. The number of nitrogens with one attached hydrogen (secondary N) is 1. The second kappa shape index (κ2) is 8.69. The molecule has 0 atom stereocenters. The Morgan fingerprint density at radius 3 is 2.47 bits per heavy atom. The summed E-state index contributed by atoms with van der Waals surface area (Å²) in [4.78, 5) is 12.7. The number of anilines is 1. The van der Waals surface area contributed by atoms with Crippen molar-refractivity contribution in [3.8, 4) is 6.07 Å². The Morgan fingerprint density at radius 2 is 1.70 bits per heavy atom. The molecule has 3 aromatic carbocycles. The van der Waals surface area contributed by atoms with Gasteiger partial charge in [-0.15, -0.1) is 0 Å². The molecule has 0 saturated carbocycles. The lowest BCUT2D eigenvalue weighted by atomic mass is 10.1. The molecule has 0 spiro atoms. The van der Waals surface area contributed by atoms with E-state index in [0.29, 0.717) is 17.3 Å². The van der Waals surface area contributed by atoms with E-state index in [1.165, 1.54) is 5.56 Å². The van der Waals surface area contributed by atoms with Gasteiger partial charge in [0.25, 0.3) is 5.91 Å². The van der Waals surface area contributed by atoms with Crippen LogP contribution >= 0.6 is 11.6 Å². The van der Waals surface area contributed by atoms with Gasteiger partial charge in [-0.2, -0.15) is 5.26 Å². The van der Waals surface area contributed by atoms with E-state index < -0.39 is 5.91 Å². The standard InChI is InChI=1S/C25H18ClN3O/c26-22-11-5-6-12-23(22)28-25(30)19(15-27)14-20-17-29(16-18-8-2-1-3-9-18)24-13-7-4-10-21(20)24/h1-14,17H,16H2,(H,28,30)/b19-14+. The second-order valence-corrected chi connectivity index (χ2v) is 7.23. The van der Waals surface area contributed by atoms with Crippen LogP contribution in [0.5, 0.6) is 0 Å². The van der Waals surface area contributed by atoms with E-state index in [-0.39, 0.29) is 5.57 Å². The normalized spacial score (nSPS) is 11.3. The fourth-order valence-corrected chi connectivity index (χ4v) is 3.54. The molecule has 0 saturated heterocycles. The summed E-state index contributed by atoms with van der Waals surface area (Å²) in [5.74, 6) is -0.495. The molecule has 4 rings (SSSR count). The molecule has 0 radical (unpaired) electrons. The molecule has 1 aromatic heterocycles. The van der Waals surface area contributed by atoms with Gasteiger partial charge in [-0.1, -0.05) is 72.3 Å². The molecule has 5 heteroatoms. The monoisotopic (exact) mass is 411 g/mol. The highest BCUT2D eigenvalue weighted by molar-refractivity contribution is 6.34. The predicted octanol–water partition coefficient (Wildman–Crippen LogP) is 5.89. The zero-order chi connectivity index (χ0) is 20.9. The highest BCUT2D eigenvalue weighted by atomic mass is 35.5. The minimum absolute atomic E-state index is 0.0116. The molecule has 0 aliphatic carbocycles. The van der Waals surface area contributed by atoms with Crippen molar-refractivity contribution >= 4 is 40.2 Å². The van der Waals surface area contributed by atoms with E-state index in [2.05, 4.69) is 22.0 Å². The minimum atomic E-state index is -0.495. The summed E-state index contributed by atoms with van der Waals surface area (Å²) in [6.45, 7) is 0.697. The Balaban J connectivity index is 1.69. The summed E-state index contributed by atoms with van der Waals surface area (Å²) >= 11 is 6.11. The van der Waals surface area contributed by atoms with Gasteiger partial charge >= 0.3 is 0 Å². The van der Waals surface area contributed by atoms with Crippen LogP contribution in [0.15, 0.2) is 90.6 Å². The average molecular weight is 412 g/mol. The van der Waals surface area contributed by atoms with E-state index in [1.54, 1.807) is 30.3 Å². The van der Waals surface area contributed by atoms with Gasteiger partial charge in [0, 0.05) is 29.2 Å². The lowest BCUT2D eigenvalue weighted by Crippen LogP contribution is -2.13. The van der Waals surface area contributed by atoms with Crippen LogP contribution in [-0.4, -0.2) is 10.5 Å². The van der Waals surface area contributed by atoms with Crippen LogP contribution in [0.4, 0.5) is 5.69 Å². The van der Waals surface area contributed by atoms with Gasteiger partial charge in [-0.3, -0.25) is 4.79 Å². The summed E-state index contributed by atoms with van der Waals surface area (Å²) in [6.07, 6.45) is 3.59. The van der Waals surface area contributed by atoms with Gasteiger partial charge in [0.05, 0.1) is 10.7 Å². The van der Waals surface area contributed by atoms with Gasteiger partial charge in [-0.05, 0) is 29.8 Å². The maximum atomic E-state index is 12.7. The van der Waals surface area contributed by atoms with Crippen molar-refractivity contribution in [1.29, 1.82) is 5.26 Å². The van der Waals surface area contributed by atoms with Crippen molar-refractivity contribution in [1.82, 2.24) is 4.57 Å². The van der Waals surface area contributed by atoms with Gasteiger partial charge in [0.1, 0.15) is 11.6 Å². The first kappa shape index (κ1) is 19.5. The third kappa shape index (κ3) is 4.12. The van der Waals surface area contributed by atoms with Gasteiger partial charge in [0.15, 0.2) is 0 Å². The van der Waals surface area contributed by atoms with Crippen molar-refractivity contribution in [3.63, 3.8) is 0 Å². The first-order valence-corrected chi connectivity index (χ1v) is 9.83. The van der Waals surface area contributed by atoms with Gasteiger partial charge in [-0.25, -0.2) is 0 Å². The van der Waals surface area contributed by atoms with Crippen molar-refractivity contribution in [3.05, 3.63) is 107 Å². The van der Waals surface area contributed by atoms with E-state index >= 15 is 0 Å². The molecule has 0 aliphatic heterocycles. The number of hydrogen-bond donors (Lipinski definition) is 1. The Hall–Kier alpha value is -3.81. The lowest BCUT2D eigenvalue weighted by Gasteiger charge is -2.05. The molecule has 146 valence electrons. The third-order valence-corrected chi connectivity index (χ3v) is 5.13. The highest BCUT2D eigenvalue weighted by Crippen LogP contribution is 2.26. The fourth-order valence-electron chi connectivity index (χ4n) is 3.36. The zero-order valence-corrected chi connectivity index (χ0v) is 16.8. The number of amides is 1. The second-order valence-electron chi connectivity index (χ2n) is 6.82. The van der Waals surface area contributed by atoms with Crippen molar-refractivity contribution < 1.29 is 4.79 Å². The smallest absolute Gasteiger partial charge is 0.266 e. The topological polar surface area (TPSA) is 57.8 Å². The number of benzene rings is 3. The highest BCUT2D eigenvalue weighted by Gasteiger charge is 2.14. The van der Waals surface area contributed by atoms with E-state index in [1.807, 2.05) is 54.7 Å². The Bertz CT molecular complexity index is 1280. The van der Waals surface area contributed by atoms with Crippen molar-refractivity contribution in [2.75, 3.05) is 5.32 Å². The maximum Gasteiger partial charge on any atom is 0.266 e. The number of nitrogens with zero attached hydrogens (tertiary/aromatic N) is 2. The van der Waals surface area contributed by atoms with Gasteiger partial charge in [0.2, 0.25) is 0 Å². The zero-order valence-electron chi connectivity index (χ0n) is 16.0. The molecular formula is C25H18ClN3O. The third-order valence-electron chi connectivity index (χ3n) is 4.80. The molecule has 0 unspecified atom stereocenters. The van der Waals surface area contributed by atoms with Crippen LogP contribution in [0, 0.1) is 11.3 Å². The number of para-hydroxylation sites is 2. The number of hydrogen-bond acceptors (Lipinski definition) is 2. The fraction of sp³-hybridized carbons (Fsp3) is 0.0400. The number of carbonyl (C=O) groups is 1. The summed E-state index contributed by atoms with van der Waals surface area (Å²) in [6, 6.07) is 27.0. The first-order valence-electron chi connectivity index (χ1n) is 9.45. The molecule has 0 aliphatic rings. The first-order chi connectivity index (χ1) is 14.7. The molecule has 0 fully saturated rings. The molecule has 1 N–H and O–H groups in total.